The highest BCUT2D eigenvalue weighted by Gasteiger charge is 2.26. The summed E-state index contributed by atoms with van der Waals surface area (Å²) in [4.78, 5) is 18.3. The van der Waals surface area contributed by atoms with Crippen LogP contribution in [0.3, 0.4) is 0 Å². The molecule has 3 heterocycles. The highest BCUT2D eigenvalue weighted by Crippen LogP contribution is 2.24. The van der Waals surface area contributed by atoms with E-state index in [1.165, 1.54) is 12.7 Å². The lowest BCUT2D eigenvalue weighted by Gasteiger charge is -2.31. The van der Waals surface area contributed by atoms with E-state index < -0.39 is 0 Å². The van der Waals surface area contributed by atoms with Crippen LogP contribution in [0.5, 0.6) is 0 Å². The molecule has 0 unspecified atom stereocenters. The molecule has 3 rings (SSSR count). The molecule has 2 aromatic rings. The van der Waals surface area contributed by atoms with Crippen LogP contribution in [-0.2, 0) is 11.3 Å². The summed E-state index contributed by atoms with van der Waals surface area (Å²) in [6, 6.07) is 0. The third-order valence-electron chi connectivity index (χ3n) is 3.54. The van der Waals surface area contributed by atoms with E-state index in [4.69, 9.17) is 0 Å². The number of aromatic amines is 1. The lowest BCUT2D eigenvalue weighted by molar-refractivity contribution is -0.132. The van der Waals surface area contributed by atoms with Crippen LogP contribution in [-0.4, -0.2) is 59.3 Å². The number of aromatic nitrogens is 7. The Morgan fingerprint density at radius 2 is 2.45 bits per heavy atom. The van der Waals surface area contributed by atoms with Gasteiger partial charge in [0.2, 0.25) is 5.91 Å². The molecule has 1 amide bonds. The first-order valence-electron chi connectivity index (χ1n) is 6.67. The molecular formula is C11H16N8O. The van der Waals surface area contributed by atoms with Gasteiger partial charge in [-0.15, -0.1) is 5.10 Å². The standard InChI is InChI=1S/C11H16N8O/c20-10(3-5-19-8-14-16-17-19)18-4-1-2-9(6-18)11-12-7-13-15-11/h7-9H,1-6H2,(H,12,13,15)/t9-/m0/s1. The largest absolute Gasteiger partial charge is 0.342 e. The van der Waals surface area contributed by atoms with E-state index in [-0.39, 0.29) is 11.8 Å². The van der Waals surface area contributed by atoms with Gasteiger partial charge < -0.3 is 4.90 Å². The molecule has 1 aliphatic heterocycles. The Labute approximate surface area is 115 Å². The number of carbonyl (C=O) groups is 1. The molecule has 2 aromatic heterocycles. The van der Waals surface area contributed by atoms with Gasteiger partial charge in [0.1, 0.15) is 18.5 Å². The second-order valence-electron chi connectivity index (χ2n) is 4.87. The van der Waals surface area contributed by atoms with Gasteiger partial charge in [0.15, 0.2) is 0 Å². The van der Waals surface area contributed by atoms with Crippen LogP contribution in [0.2, 0.25) is 0 Å². The Hall–Kier alpha value is -2.32. The Morgan fingerprint density at radius 3 is 3.20 bits per heavy atom. The molecule has 0 saturated carbocycles. The quantitative estimate of drug-likeness (QED) is 0.813. The van der Waals surface area contributed by atoms with E-state index in [1.807, 2.05) is 4.90 Å². The molecule has 0 aromatic carbocycles. The molecule has 0 radical (unpaired) electrons. The molecule has 1 atom stereocenters. The second kappa shape index (κ2) is 5.76. The minimum absolute atomic E-state index is 0.129. The maximum Gasteiger partial charge on any atom is 0.224 e. The van der Waals surface area contributed by atoms with Crippen LogP contribution in [0.4, 0.5) is 0 Å². The van der Waals surface area contributed by atoms with Crippen molar-refractivity contribution in [3.63, 3.8) is 0 Å². The second-order valence-corrected chi connectivity index (χ2v) is 4.87. The number of hydrogen-bond acceptors (Lipinski definition) is 6. The zero-order chi connectivity index (χ0) is 13.8. The maximum absolute atomic E-state index is 12.2. The topological polar surface area (TPSA) is 105 Å². The number of amides is 1. The summed E-state index contributed by atoms with van der Waals surface area (Å²) in [5.41, 5.74) is 0. The van der Waals surface area contributed by atoms with E-state index >= 15 is 0 Å². The molecule has 9 heteroatoms. The van der Waals surface area contributed by atoms with Crippen molar-refractivity contribution in [3.05, 3.63) is 18.5 Å². The third-order valence-corrected chi connectivity index (χ3v) is 3.54. The average Bonchev–Trinajstić information content (AvgIpc) is 3.18. The lowest BCUT2D eigenvalue weighted by Crippen LogP contribution is -2.39. The van der Waals surface area contributed by atoms with E-state index in [0.717, 1.165) is 25.2 Å². The zero-order valence-electron chi connectivity index (χ0n) is 11.0. The molecule has 0 spiro atoms. The van der Waals surface area contributed by atoms with Gasteiger partial charge in [-0.1, -0.05) is 0 Å². The number of piperidine rings is 1. The van der Waals surface area contributed by atoms with E-state index in [2.05, 4.69) is 30.7 Å². The Bertz CT molecular complexity index is 537. The highest BCUT2D eigenvalue weighted by atomic mass is 16.2. The smallest absolute Gasteiger partial charge is 0.224 e. The molecule has 20 heavy (non-hydrogen) atoms. The summed E-state index contributed by atoms with van der Waals surface area (Å²) < 4.78 is 1.57. The van der Waals surface area contributed by atoms with E-state index in [0.29, 0.717) is 19.5 Å². The van der Waals surface area contributed by atoms with Crippen molar-refractivity contribution >= 4 is 5.91 Å². The number of nitrogens with one attached hydrogen (secondary N) is 1. The monoisotopic (exact) mass is 276 g/mol. The van der Waals surface area contributed by atoms with Gasteiger partial charge in [0.05, 0.1) is 6.54 Å². The molecule has 0 aliphatic carbocycles. The summed E-state index contributed by atoms with van der Waals surface area (Å²) in [7, 11) is 0. The van der Waals surface area contributed by atoms with Crippen molar-refractivity contribution in [3.8, 4) is 0 Å². The highest BCUT2D eigenvalue weighted by molar-refractivity contribution is 5.76. The lowest BCUT2D eigenvalue weighted by atomic mass is 9.97. The molecule has 9 nitrogen and oxygen atoms in total. The Kier molecular flexibility index (Phi) is 3.66. The van der Waals surface area contributed by atoms with Crippen LogP contribution >= 0.6 is 0 Å². The predicted octanol–water partition coefficient (Wildman–Crippen LogP) is -0.412. The fourth-order valence-electron chi connectivity index (χ4n) is 2.49. The third kappa shape index (κ3) is 2.81. The predicted molar refractivity (Wildman–Crippen MR) is 67.4 cm³/mol. The van der Waals surface area contributed by atoms with Crippen molar-refractivity contribution in [1.29, 1.82) is 0 Å². The van der Waals surface area contributed by atoms with Crippen molar-refractivity contribution in [2.75, 3.05) is 13.1 Å². The molecule has 1 aliphatic rings. The summed E-state index contributed by atoms with van der Waals surface area (Å²) in [5, 5.41) is 17.6. The number of H-pyrrole nitrogens is 1. The molecule has 1 fully saturated rings. The fraction of sp³-hybridized carbons (Fsp3) is 0.636. The molecule has 1 N–H and O–H groups in total. The number of likely N-dealkylation sites (tertiary alicyclic amines) is 1. The van der Waals surface area contributed by atoms with Crippen molar-refractivity contribution < 1.29 is 4.79 Å². The van der Waals surface area contributed by atoms with Crippen LogP contribution in [0.15, 0.2) is 12.7 Å². The zero-order valence-corrected chi connectivity index (χ0v) is 11.0. The Balaban J connectivity index is 1.55. The van der Waals surface area contributed by atoms with Crippen molar-refractivity contribution in [2.24, 2.45) is 0 Å². The van der Waals surface area contributed by atoms with Crippen molar-refractivity contribution in [1.82, 2.24) is 40.3 Å². The number of rotatable bonds is 4. The minimum Gasteiger partial charge on any atom is -0.342 e. The SMILES string of the molecule is O=C(CCn1cnnn1)N1CCC[C@H](c2ncn[nH]2)C1. The molecule has 0 bridgehead atoms. The first-order chi connectivity index (χ1) is 9.83. The van der Waals surface area contributed by atoms with Gasteiger partial charge in [0, 0.05) is 25.4 Å². The summed E-state index contributed by atoms with van der Waals surface area (Å²) in [6.07, 6.45) is 5.46. The van der Waals surface area contributed by atoms with Crippen molar-refractivity contribution in [2.45, 2.75) is 31.7 Å². The first kappa shape index (κ1) is 12.7. The van der Waals surface area contributed by atoms with Crippen LogP contribution < -0.4 is 0 Å². The number of tetrazole rings is 1. The minimum atomic E-state index is 0.129. The van der Waals surface area contributed by atoms with Gasteiger partial charge >= 0.3 is 0 Å². The molecular weight excluding hydrogens is 260 g/mol. The number of carbonyl (C=O) groups excluding carboxylic acids is 1. The first-order valence-corrected chi connectivity index (χ1v) is 6.67. The summed E-state index contributed by atoms with van der Waals surface area (Å²) in [5.74, 6) is 1.25. The normalized spacial score (nSPS) is 19.2. The summed E-state index contributed by atoms with van der Waals surface area (Å²) >= 11 is 0. The van der Waals surface area contributed by atoms with Crippen LogP contribution in [0, 0.1) is 0 Å². The van der Waals surface area contributed by atoms with Gasteiger partial charge in [-0.25, -0.2) is 9.67 Å². The number of hydrogen-bond donors (Lipinski definition) is 1. The maximum atomic E-state index is 12.2. The fourth-order valence-corrected chi connectivity index (χ4v) is 2.49. The van der Waals surface area contributed by atoms with E-state index in [1.54, 1.807) is 4.68 Å². The van der Waals surface area contributed by atoms with Crippen LogP contribution in [0.25, 0.3) is 0 Å². The number of aryl methyl sites for hydroxylation is 1. The average molecular weight is 276 g/mol. The van der Waals surface area contributed by atoms with E-state index in [9.17, 15) is 4.79 Å². The van der Waals surface area contributed by atoms with Crippen LogP contribution in [0.1, 0.15) is 31.0 Å². The van der Waals surface area contributed by atoms with Gasteiger partial charge in [-0.05, 0) is 23.3 Å². The van der Waals surface area contributed by atoms with Gasteiger partial charge in [0.25, 0.3) is 0 Å². The molecule has 106 valence electrons. The number of nitrogens with zero attached hydrogens (tertiary/aromatic N) is 7. The molecule has 1 saturated heterocycles. The Morgan fingerprint density at radius 1 is 1.50 bits per heavy atom. The summed E-state index contributed by atoms with van der Waals surface area (Å²) in [6.45, 7) is 2.01. The van der Waals surface area contributed by atoms with Gasteiger partial charge in [-0.3, -0.25) is 9.89 Å². The van der Waals surface area contributed by atoms with Gasteiger partial charge in [-0.2, -0.15) is 5.10 Å².